The summed E-state index contributed by atoms with van der Waals surface area (Å²) < 4.78 is 0. The molecule has 0 heterocycles. The topological polar surface area (TPSA) is 84.0 Å². The van der Waals surface area contributed by atoms with Crippen LogP contribution in [-0.2, 0) is 0 Å². The SMILES string of the molecule is N#C/C(=C\c1ccc(C=O)cc1)c1ccc([N+](=O)[O-])cc1. The highest BCUT2D eigenvalue weighted by Crippen LogP contribution is 2.20. The van der Waals surface area contributed by atoms with E-state index < -0.39 is 4.92 Å². The van der Waals surface area contributed by atoms with Crippen LogP contribution in [0, 0.1) is 21.4 Å². The maximum Gasteiger partial charge on any atom is 0.269 e. The summed E-state index contributed by atoms with van der Waals surface area (Å²) in [4.78, 5) is 20.7. The second-order valence-corrected chi connectivity index (χ2v) is 4.26. The van der Waals surface area contributed by atoms with E-state index in [9.17, 15) is 20.2 Å². The Kier molecular flexibility index (Phi) is 4.22. The molecular formula is C16H10N2O3. The number of carbonyl (C=O) groups is 1. The van der Waals surface area contributed by atoms with Crippen molar-refractivity contribution in [3.63, 3.8) is 0 Å². The van der Waals surface area contributed by atoms with E-state index in [1.165, 1.54) is 24.3 Å². The first kappa shape index (κ1) is 14.2. The Bertz CT molecular complexity index is 739. The third-order valence-electron chi connectivity index (χ3n) is 2.89. The Balaban J connectivity index is 2.33. The number of nitro groups is 1. The molecule has 0 amide bonds. The molecular weight excluding hydrogens is 268 g/mol. The summed E-state index contributed by atoms with van der Waals surface area (Å²) in [6, 6.07) is 14.6. The van der Waals surface area contributed by atoms with Crippen LogP contribution in [-0.4, -0.2) is 11.2 Å². The van der Waals surface area contributed by atoms with E-state index in [1.807, 2.05) is 0 Å². The van der Waals surface area contributed by atoms with Gasteiger partial charge in [0.1, 0.15) is 6.29 Å². The number of carbonyl (C=O) groups excluding carboxylic acids is 1. The van der Waals surface area contributed by atoms with E-state index in [-0.39, 0.29) is 5.69 Å². The van der Waals surface area contributed by atoms with E-state index in [2.05, 4.69) is 6.07 Å². The fraction of sp³-hybridized carbons (Fsp3) is 0. The van der Waals surface area contributed by atoms with Gasteiger partial charge in [-0.3, -0.25) is 14.9 Å². The molecule has 21 heavy (non-hydrogen) atoms. The second kappa shape index (κ2) is 6.26. The number of non-ortho nitro benzene ring substituents is 1. The molecule has 0 N–H and O–H groups in total. The number of nitriles is 1. The number of aldehydes is 1. The largest absolute Gasteiger partial charge is 0.298 e. The minimum Gasteiger partial charge on any atom is -0.298 e. The van der Waals surface area contributed by atoms with Crippen LogP contribution in [0.3, 0.4) is 0 Å². The Morgan fingerprint density at radius 3 is 2.10 bits per heavy atom. The molecule has 0 aliphatic carbocycles. The fourth-order valence-corrected chi connectivity index (χ4v) is 1.78. The van der Waals surface area contributed by atoms with Crippen LogP contribution >= 0.6 is 0 Å². The predicted molar refractivity (Wildman–Crippen MR) is 78.4 cm³/mol. The van der Waals surface area contributed by atoms with Gasteiger partial charge >= 0.3 is 0 Å². The molecule has 0 radical (unpaired) electrons. The molecule has 2 aromatic carbocycles. The lowest BCUT2D eigenvalue weighted by Crippen LogP contribution is -1.88. The number of hydrogen-bond donors (Lipinski definition) is 0. The number of nitro benzene ring substituents is 1. The van der Waals surface area contributed by atoms with Gasteiger partial charge in [0.2, 0.25) is 0 Å². The van der Waals surface area contributed by atoms with E-state index in [0.717, 1.165) is 11.8 Å². The van der Waals surface area contributed by atoms with E-state index in [0.29, 0.717) is 16.7 Å². The van der Waals surface area contributed by atoms with Crippen molar-refractivity contribution in [3.05, 3.63) is 75.3 Å². The zero-order valence-electron chi connectivity index (χ0n) is 10.9. The van der Waals surface area contributed by atoms with Gasteiger partial charge in [-0.15, -0.1) is 0 Å². The first-order chi connectivity index (χ1) is 10.1. The molecule has 2 aromatic rings. The Morgan fingerprint density at radius 2 is 1.62 bits per heavy atom. The third-order valence-corrected chi connectivity index (χ3v) is 2.89. The van der Waals surface area contributed by atoms with Crippen molar-refractivity contribution in [2.75, 3.05) is 0 Å². The lowest BCUT2D eigenvalue weighted by molar-refractivity contribution is -0.384. The van der Waals surface area contributed by atoms with Gasteiger partial charge in [0, 0.05) is 17.7 Å². The number of allylic oxidation sites excluding steroid dienone is 1. The number of hydrogen-bond acceptors (Lipinski definition) is 4. The zero-order valence-corrected chi connectivity index (χ0v) is 10.9. The van der Waals surface area contributed by atoms with Crippen LogP contribution in [0.15, 0.2) is 48.5 Å². The van der Waals surface area contributed by atoms with Gasteiger partial charge < -0.3 is 0 Å². The molecule has 0 fully saturated rings. The molecule has 2 rings (SSSR count). The van der Waals surface area contributed by atoms with Crippen LogP contribution in [0.5, 0.6) is 0 Å². The van der Waals surface area contributed by atoms with Crippen LogP contribution < -0.4 is 0 Å². The quantitative estimate of drug-likeness (QED) is 0.282. The monoisotopic (exact) mass is 278 g/mol. The van der Waals surface area contributed by atoms with Crippen LogP contribution in [0.1, 0.15) is 21.5 Å². The van der Waals surface area contributed by atoms with Gasteiger partial charge in [0.05, 0.1) is 16.6 Å². The maximum absolute atomic E-state index is 10.6. The first-order valence-electron chi connectivity index (χ1n) is 6.06. The minimum absolute atomic E-state index is 0.0219. The molecule has 0 aliphatic rings. The number of benzene rings is 2. The molecule has 102 valence electrons. The molecule has 0 unspecified atom stereocenters. The average molecular weight is 278 g/mol. The van der Waals surface area contributed by atoms with Crippen molar-refractivity contribution in [1.29, 1.82) is 5.26 Å². The fourth-order valence-electron chi connectivity index (χ4n) is 1.78. The maximum atomic E-state index is 10.6. The van der Waals surface area contributed by atoms with E-state index >= 15 is 0 Å². The highest BCUT2D eigenvalue weighted by Gasteiger charge is 2.06. The van der Waals surface area contributed by atoms with Crippen molar-refractivity contribution in [2.45, 2.75) is 0 Å². The highest BCUT2D eigenvalue weighted by molar-refractivity contribution is 5.90. The molecule has 0 saturated carbocycles. The standard InChI is InChI=1S/C16H10N2O3/c17-10-15(9-12-1-3-13(11-19)4-2-12)14-5-7-16(8-6-14)18(20)21/h1-9,11H/b15-9+. The minimum atomic E-state index is -0.488. The predicted octanol–water partition coefficient (Wildman–Crippen LogP) is 3.47. The molecule has 0 spiro atoms. The van der Waals surface area contributed by atoms with Crippen molar-refractivity contribution in [1.82, 2.24) is 0 Å². The summed E-state index contributed by atoms with van der Waals surface area (Å²) in [6.07, 6.45) is 2.41. The Hall–Kier alpha value is -3.26. The lowest BCUT2D eigenvalue weighted by atomic mass is 10.0. The van der Waals surface area contributed by atoms with E-state index in [1.54, 1.807) is 30.3 Å². The second-order valence-electron chi connectivity index (χ2n) is 4.26. The number of nitrogens with zero attached hydrogens (tertiary/aromatic N) is 2. The summed E-state index contributed by atoms with van der Waals surface area (Å²) in [7, 11) is 0. The smallest absolute Gasteiger partial charge is 0.269 e. The molecule has 0 saturated heterocycles. The molecule has 0 bridgehead atoms. The molecule has 5 nitrogen and oxygen atoms in total. The highest BCUT2D eigenvalue weighted by atomic mass is 16.6. The Morgan fingerprint density at radius 1 is 1.05 bits per heavy atom. The molecule has 0 aromatic heterocycles. The normalized spacial score (nSPS) is 10.7. The van der Waals surface area contributed by atoms with Crippen LogP contribution in [0.4, 0.5) is 5.69 Å². The molecule has 0 atom stereocenters. The van der Waals surface area contributed by atoms with Gasteiger partial charge in [0.25, 0.3) is 5.69 Å². The van der Waals surface area contributed by atoms with Gasteiger partial charge in [-0.05, 0) is 29.3 Å². The van der Waals surface area contributed by atoms with Crippen LogP contribution in [0.25, 0.3) is 11.6 Å². The van der Waals surface area contributed by atoms with Gasteiger partial charge in [0.15, 0.2) is 0 Å². The number of rotatable bonds is 4. The molecule has 0 aliphatic heterocycles. The summed E-state index contributed by atoms with van der Waals surface area (Å²) in [5.41, 5.74) is 2.30. The summed E-state index contributed by atoms with van der Waals surface area (Å²) in [5, 5.41) is 19.8. The summed E-state index contributed by atoms with van der Waals surface area (Å²) in [6.45, 7) is 0. The zero-order chi connectivity index (χ0) is 15.2. The van der Waals surface area contributed by atoms with Gasteiger partial charge in [-0.2, -0.15) is 5.26 Å². The van der Waals surface area contributed by atoms with Crippen molar-refractivity contribution < 1.29 is 9.72 Å². The van der Waals surface area contributed by atoms with E-state index in [4.69, 9.17) is 0 Å². The summed E-state index contributed by atoms with van der Waals surface area (Å²) >= 11 is 0. The van der Waals surface area contributed by atoms with Crippen LogP contribution in [0.2, 0.25) is 0 Å². The van der Waals surface area contributed by atoms with Gasteiger partial charge in [-0.1, -0.05) is 24.3 Å². The first-order valence-corrected chi connectivity index (χ1v) is 6.06. The third kappa shape index (κ3) is 3.39. The average Bonchev–Trinajstić information content (AvgIpc) is 2.53. The van der Waals surface area contributed by atoms with Gasteiger partial charge in [-0.25, -0.2) is 0 Å². The Labute approximate surface area is 120 Å². The van der Waals surface area contributed by atoms with Crippen molar-refractivity contribution >= 4 is 23.6 Å². The molecule has 5 heteroatoms. The summed E-state index contributed by atoms with van der Waals surface area (Å²) in [5.74, 6) is 0. The lowest BCUT2D eigenvalue weighted by Gasteiger charge is -2.00. The van der Waals surface area contributed by atoms with Crippen molar-refractivity contribution in [3.8, 4) is 6.07 Å². The van der Waals surface area contributed by atoms with Crippen molar-refractivity contribution in [2.24, 2.45) is 0 Å².